The van der Waals surface area contributed by atoms with Gasteiger partial charge in [-0.15, -0.1) is 0 Å². The largest absolute Gasteiger partial charge is 0.480 e. The number of rotatable bonds is 4. The fourth-order valence-electron chi connectivity index (χ4n) is 3.05. The van der Waals surface area contributed by atoms with E-state index >= 15 is 0 Å². The lowest BCUT2D eigenvalue weighted by atomic mass is 10.1. The number of carboxylic acid groups (broad SMARTS) is 1. The van der Waals surface area contributed by atoms with Crippen LogP contribution in [0.4, 0.5) is 13.2 Å². The molecule has 0 aromatic heterocycles. The Hall–Kier alpha value is -2.09. The summed E-state index contributed by atoms with van der Waals surface area (Å²) in [5.74, 6) is -1.19. The van der Waals surface area contributed by atoms with Crippen LogP contribution in [0.1, 0.15) is 35.2 Å². The summed E-state index contributed by atoms with van der Waals surface area (Å²) in [7, 11) is 1.74. The Morgan fingerprint density at radius 1 is 1.20 bits per heavy atom. The number of likely N-dealkylation sites (tertiary alicyclic amines) is 1. The second-order valence-electron chi connectivity index (χ2n) is 6.26. The Bertz CT molecular complexity index is 617. The molecule has 0 bridgehead atoms. The normalized spacial score (nSPS) is 18.9. The van der Waals surface area contributed by atoms with Crippen LogP contribution < -0.4 is 0 Å². The van der Waals surface area contributed by atoms with Crippen LogP contribution in [0.3, 0.4) is 0 Å². The van der Waals surface area contributed by atoms with E-state index in [0.717, 1.165) is 25.0 Å². The highest BCUT2D eigenvalue weighted by molar-refractivity contribution is 5.94. The molecule has 0 radical (unpaired) electrons. The summed E-state index contributed by atoms with van der Waals surface area (Å²) in [6.07, 6.45) is -2.29. The molecule has 8 heteroatoms. The minimum atomic E-state index is -4.42. The van der Waals surface area contributed by atoms with Crippen molar-refractivity contribution in [1.29, 1.82) is 0 Å². The number of carbonyl (C=O) groups excluding carboxylic acids is 1. The van der Waals surface area contributed by atoms with E-state index in [0.29, 0.717) is 19.5 Å². The van der Waals surface area contributed by atoms with E-state index < -0.39 is 17.7 Å². The highest BCUT2D eigenvalue weighted by Crippen LogP contribution is 2.29. The lowest BCUT2D eigenvalue weighted by Crippen LogP contribution is -2.37. The van der Waals surface area contributed by atoms with Crippen molar-refractivity contribution in [1.82, 2.24) is 9.80 Å². The molecule has 1 saturated heterocycles. The van der Waals surface area contributed by atoms with Crippen LogP contribution in [0.5, 0.6) is 0 Å². The lowest BCUT2D eigenvalue weighted by Gasteiger charge is -2.25. The topological polar surface area (TPSA) is 60.9 Å². The Labute approximate surface area is 144 Å². The molecular formula is C17H21F3N2O3. The molecule has 1 aromatic rings. The van der Waals surface area contributed by atoms with Crippen LogP contribution in [0.25, 0.3) is 0 Å². The Morgan fingerprint density at radius 2 is 1.84 bits per heavy atom. The van der Waals surface area contributed by atoms with E-state index in [2.05, 4.69) is 0 Å². The molecule has 1 amide bonds. The van der Waals surface area contributed by atoms with Gasteiger partial charge in [0.15, 0.2) is 0 Å². The Balaban J connectivity index is 2.00. The molecule has 1 aliphatic heterocycles. The van der Waals surface area contributed by atoms with E-state index in [4.69, 9.17) is 5.11 Å². The number of carbonyl (C=O) groups is 2. The van der Waals surface area contributed by atoms with Gasteiger partial charge >= 0.3 is 12.1 Å². The monoisotopic (exact) mass is 358 g/mol. The van der Waals surface area contributed by atoms with Crippen molar-refractivity contribution in [2.75, 3.05) is 26.7 Å². The molecule has 138 valence electrons. The summed E-state index contributed by atoms with van der Waals surface area (Å²) in [5.41, 5.74) is -0.555. The first-order valence-electron chi connectivity index (χ1n) is 8.07. The third kappa shape index (κ3) is 5.19. The van der Waals surface area contributed by atoms with Gasteiger partial charge in [-0.1, -0.05) is 0 Å². The van der Waals surface area contributed by atoms with Gasteiger partial charge in [-0.3, -0.25) is 14.5 Å². The molecule has 1 heterocycles. The number of alkyl halides is 3. The maximum atomic E-state index is 12.6. The van der Waals surface area contributed by atoms with Crippen LogP contribution in [-0.4, -0.2) is 59.5 Å². The first kappa shape index (κ1) is 19.2. The molecule has 2 rings (SSSR count). The van der Waals surface area contributed by atoms with Gasteiger partial charge in [0, 0.05) is 24.7 Å². The zero-order valence-electron chi connectivity index (χ0n) is 13.9. The van der Waals surface area contributed by atoms with Gasteiger partial charge in [-0.05, 0) is 50.6 Å². The summed E-state index contributed by atoms with van der Waals surface area (Å²) in [5, 5.41) is 8.87. The fourth-order valence-corrected chi connectivity index (χ4v) is 3.05. The van der Waals surface area contributed by atoms with Crippen LogP contribution >= 0.6 is 0 Å². The maximum absolute atomic E-state index is 12.6. The molecule has 0 spiro atoms. The van der Waals surface area contributed by atoms with Crippen LogP contribution in [-0.2, 0) is 11.0 Å². The van der Waals surface area contributed by atoms with E-state index in [-0.39, 0.29) is 24.1 Å². The molecular weight excluding hydrogens is 337 g/mol. The number of nitrogens with zero attached hydrogens (tertiary/aromatic N) is 2. The van der Waals surface area contributed by atoms with Crippen LogP contribution in [0.2, 0.25) is 0 Å². The molecule has 25 heavy (non-hydrogen) atoms. The van der Waals surface area contributed by atoms with Gasteiger partial charge in [0.25, 0.3) is 5.91 Å². The van der Waals surface area contributed by atoms with E-state index in [9.17, 15) is 22.8 Å². The number of benzene rings is 1. The molecule has 0 aliphatic carbocycles. The summed E-state index contributed by atoms with van der Waals surface area (Å²) in [6, 6.07) is 4.29. The van der Waals surface area contributed by atoms with Crippen molar-refractivity contribution >= 4 is 11.9 Å². The molecule has 5 nitrogen and oxygen atoms in total. The first-order chi connectivity index (χ1) is 11.7. The van der Waals surface area contributed by atoms with E-state index in [1.165, 1.54) is 12.1 Å². The summed E-state index contributed by atoms with van der Waals surface area (Å²) < 4.78 is 37.8. The van der Waals surface area contributed by atoms with Gasteiger partial charge < -0.3 is 10.0 Å². The van der Waals surface area contributed by atoms with E-state index in [1.807, 2.05) is 0 Å². The summed E-state index contributed by atoms with van der Waals surface area (Å²) >= 11 is 0. The highest BCUT2D eigenvalue weighted by atomic mass is 19.4. The Kier molecular flexibility index (Phi) is 6.05. The first-order valence-corrected chi connectivity index (χ1v) is 8.07. The van der Waals surface area contributed by atoms with Gasteiger partial charge in [0.1, 0.15) is 0 Å². The van der Waals surface area contributed by atoms with Crippen LogP contribution in [0, 0.1) is 0 Å². The number of carboxylic acids is 1. The van der Waals surface area contributed by atoms with Crippen molar-refractivity contribution in [2.45, 2.75) is 31.5 Å². The number of halogens is 3. The lowest BCUT2D eigenvalue weighted by molar-refractivity contribution is -0.139. The smallest absolute Gasteiger partial charge is 0.416 e. The molecule has 1 aliphatic rings. The van der Waals surface area contributed by atoms with Crippen molar-refractivity contribution in [3.8, 4) is 0 Å². The minimum absolute atomic E-state index is 0.0580. The van der Waals surface area contributed by atoms with Gasteiger partial charge in [-0.2, -0.15) is 13.2 Å². The van der Waals surface area contributed by atoms with Gasteiger partial charge in [-0.25, -0.2) is 0 Å². The number of aliphatic carboxylic acids is 1. The molecule has 1 atom stereocenters. The van der Waals surface area contributed by atoms with Gasteiger partial charge in [0.05, 0.1) is 12.1 Å². The molecule has 1 N–H and O–H groups in total. The zero-order valence-corrected chi connectivity index (χ0v) is 13.9. The highest BCUT2D eigenvalue weighted by Gasteiger charge is 2.31. The van der Waals surface area contributed by atoms with Gasteiger partial charge in [0.2, 0.25) is 0 Å². The third-order valence-electron chi connectivity index (χ3n) is 4.45. The predicted molar refractivity (Wildman–Crippen MR) is 85.3 cm³/mol. The number of amides is 1. The standard InChI is InChI=1S/C17H21F3N2O3/c1-21(11-15(23)24)14-3-2-9-22(10-8-14)16(25)12-4-6-13(7-5-12)17(18,19)20/h4-7,14H,2-3,8-11H2,1H3,(H,23,24). The summed E-state index contributed by atoms with van der Waals surface area (Å²) in [6.45, 7) is 0.906. The number of hydrogen-bond donors (Lipinski definition) is 1. The maximum Gasteiger partial charge on any atom is 0.416 e. The van der Waals surface area contributed by atoms with Crippen molar-refractivity contribution in [3.63, 3.8) is 0 Å². The zero-order chi connectivity index (χ0) is 18.6. The predicted octanol–water partition coefficient (Wildman–Crippen LogP) is 2.72. The Morgan fingerprint density at radius 3 is 2.40 bits per heavy atom. The third-order valence-corrected chi connectivity index (χ3v) is 4.45. The molecule has 1 fully saturated rings. The van der Waals surface area contributed by atoms with Crippen molar-refractivity contribution in [3.05, 3.63) is 35.4 Å². The fraction of sp³-hybridized carbons (Fsp3) is 0.529. The average Bonchev–Trinajstić information content (AvgIpc) is 2.79. The molecule has 0 saturated carbocycles. The SMILES string of the molecule is CN(CC(=O)O)C1CCCN(C(=O)c2ccc(C(F)(F)F)cc2)CC1. The van der Waals surface area contributed by atoms with Crippen LogP contribution in [0.15, 0.2) is 24.3 Å². The minimum Gasteiger partial charge on any atom is -0.480 e. The summed E-state index contributed by atoms with van der Waals surface area (Å²) in [4.78, 5) is 26.7. The van der Waals surface area contributed by atoms with Crippen molar-refractivity contribution < 1.29 is 27.9 Å². The van der Waals surface area contributed by atoms with E-state index in [1.54, 1.807) is 16.8 Å². The average molecular weight is 358 g/mol. The second kappa shape index (κ2) is 7.86. The number of hydrogen-bond acceptors (Lipinski definition) is 3. The second-order valence-corrected chi connectivity index (χ2v) is 6.26. The quantitative estimate of drug-likeness (QED) is 0.899. The molecule has 1 aromatic carbocycles. The number of likely N-dealkylation sites (N-methyl/N-ethyl adjacent to an activating group) is 1. The van der Waals surface area contributed by atoms with Crippen molar-refractivity contribution in [2.24, 2.45) is 0 Å². The molecule has 1 unspecified atom stereocenters.